The minimum Gasteiger partial charge on any atom is -0.395 e. The number of anilines is 1. The minimum absolute atomic E-state index is 0.173. The SMILES string of the molecule is Cc1nn(C)c(C(=O)NCCC2CCCO2)c1N. The predicted molar refractivity (Wildman–Crippen MR) is 68.3 cm³/mol. The summed E-state index contributed by atoms with van der Waals surface area (Å²) in [4.78, 5) is 12.0. The van der Waals surface area contributed by atoms with Crippen LogP contribution in [0.1, 0.15) is 35.4 Å². The van der Waals surface area contributed by atoms with Gasteiger partial charge >= 0.3 is 0 Å². The highest BCUT2D eigenvalue weighted by Gasteiger charge is 2.19. The van der Waals surface area contributed by atoms with Gasteiger partial charge in [0.05, 0.1) is 17.5 Å². The lowest BCUT2D eigenvalue weighted by Crippen LogP contribution is -2.29. The Kier molecular flexibility index (Phi) is 3.86. The molecule has 2 rings (SSSR count). The van der Waals surface area contributed by atoms with Crippen LogP contribution in [0.5, 0.6) is 0 Å². The second-order valence-corrected chi connectivity index (χ2v) is 4.65. The number of nitrogens with two attached hydrogens (primary N) is 1. The van der Waals surface area contributed by atoms with Crippen molar-refractivity contribution in [3.63, 3.8) is 0 Å². The van der Waals surface area contributed by atoms with Crippen LogP contribution < -0.4 is 11.1 Å². The second-order valence-electron chi connectivity index (χ2n) is 4.65. The van der Waals surface area contributed by atoms with E-state index in [-0.39, 0.29) is 12.0 Å². The summed E-state index contributed by atoms with van der Waals surface area (Å²) in [5.41, 5.74) is 7.39. The molecular weight excluding hydrogens is 232 g/mol. The molecule has 0 aromatic carbocycles. The summed E-state index contributed by atoms with van der Waals surface area (Å²) in [6, 6.07) is 0. The van der Waals surface area contributed by atoms with E-state index in [2.05, 4.69) is 10.4 Å². The maximum absolute atomic E-state index is 12.0. The van der Waals surface area contributed by atoms with Crippen LogP contribution >= 0.6 is 0 Å². The lowest BCUT2D eigenvalue weighted by molar-refractivity contribution is 0.0900. The fraction of sp³-hybridized carbons (Fsp3) is 0.667. The first-order valence-electron chi connectivity index (χ1n) is 6.28. The number of nitrogens with one attached hydrogen (secondary N) is 1. The van der Waals surface area contributed by atoms with Crippen molar-refractivity contribution in [1.82, 2.24) is 15.1 Å². The smallest absolute Gasteiger partial charge is 0.271 e. The van der Waals surface area contributed by atoms with E-state index in [4.69, 9.17) is 10.5 Å². The number of nitrogens with zero attached hydrogens (tertiary/aromatic N) is 2. The van der Waals surface area contributed by atoms with Crippen molar-refractivity contribution < 1.29 is 9.53 Å². The van der Waals surface area contributed by atoms with Gasteiger partial charge < -0.3 is 15.8 Å². The van der Waals surface area contributed by atoms with Gasteiger partial charge in [0.1, 0.15) is 5.69 Å². The molecule has 3 N–H and O–H groups in total. The maximum atomic E-state index is 12.0. The Labute approximate surface area is 106 Å². The van der Waals surface area contributed by atoms with Crippen LogP contribution in [-0.4, -0.2) is 34.9 Å². The van der Waals surface area contributed by atoms with E-state index in [1.54, 1.807) is 14.0 Å². The highest BCUT2D eigenvalue weighted by atomic mass is 16.5. The Morgan fingerprint density at radius 3 is 3.00 bits per heavy atom. The van der Waals surface area contributed by atoms with Gasteiger partial charge in [-0.2, -0.15) is 5.10 Å². The Balaban J connectivity index is 1.87. The molecule has 1 aliphatic heterocycles. The molecule has 0 bridgehead atoms. The monoisotopic (exact) mass is 252 g/mol. The minimum atomic E-state index is -0.173. The van der Waals surface area contributed by atoms with Gasteiger partial charge in [0, 0.05) is 20.2 Å². The van der Waals surface area contributed by atoms with Gasteiger partial charge in [-0.3, -0.25) is 9.48 Å². The summed E-state index contributed by atoms with van der Waals surface area (Å²) in [6.07, 6.45) is 3.34. The topological polar surface area (TPSA) is 82.2 Å². The number of amides is 1. The molecule has 2 heterocycles. The molecule has 1 amide bonds. The Morgan fingerprint density at radius 2 is 2.44 bits per heavy atom. The zero-order chi connectivity index (χ0) is 13.1. The number of aryl methyl sites for hydroxylation is 2. The lowest BCUT2D eigenvalue weighted by Gasteiger charge is -2.10. The zero-order valence-electron chi connectivity index (χ0n) is 10.9. The summed E-state index contributed by atoms with van der Waals surface area (Å²) in [5.74, 6) is -0.173. The Bertz CT molecular complexity index is 436. The highest BCUT2D eigenvalue weighted by Crippen LogP contribution is 2.16. The molecule has 6 nitrogen and oxygen atoms in total. The lowest BCUT2D eigenvalue weighted by atomic mass is 10.2. The van der Waals surface area contributed by atoms with Crippen molar-refractivity contribution in [2.75, 3.05) is 18.9 Å². The van der Waals surface area contributed by atoms with Crippen LogP contribution in [0, 0.1) is 6.92 Å². The third-order valence-electron chi connectivity index (χ3n) is 3.26. The van der Waals surface area contributed by atoms with E-state index < -0.39 is 0 Å². The standard InChI is InChI=1S/C12H20N4O2/c1-8-10(13)11(16(2)15-8)12(17)14-6-5-9-4-3-7-18-9/h9H,3-7,13H2,1-2H3,(H,14,17). The molecule has 1 unspecified atom stereocenters. The number of hydrogen-bond donors (Lipinski definition) is 2. The van der Waals surface area contributed by atoms with E-state index in [1.165, 1.54) is 4.68 Å². The number of rotatable bonds is 4. The van der Waals surface area contributed by atoms with Crippen molar-refractivity contribution in [3.05, 3.63) is 11.4 Å². The molecule has 1 fully saturated rings. The molecule has 6 heteroatoms. The van der Waals surface area contributed by atoms with Crippen molar-refractivity contribution in [1.29, 1.82) is 0 Å². The molecule has 1 aliphatic rings. The number of carbonyl (C=O) groups excluding carboxylic acids is 1. The van der Waals surface area contributed by atoms with Gasteiger partial charge in [-0.15, -0.1) is 0 Å². The van der Waals surface area contributed by atoms with E-state index in [9.17, 15) is 4.79 Å². The number of carbonyl (C=O) groups is 1. The number of hydrogen-bond acceptors (Lipinski definition) is 4. The van der Waals surface area contributed by atoms with Gasteiger partial charge in [0.15, 0.2) is 0 Å². The first-order valence-corrected chi connectivity index (χ1v) is 6.28. The molecule has 1 saturated heterocycles. The van der Waals surface area contributed by atoms with Crippen molar-refractivity contribution in [3.8, 4) is 0 Å². The largest absolute Gasteiger partial charge is 0.395 e. The predicted octanol–water partition coefficient (Wildman–Crippen LogP) is 0.610. The van der Waals surface area contributed by atoms with Crippen LogP contribution in [0.25, 0.3) is 0 Å². The van der Waals surface area contributed by atoms with Crippen LogP contribution in [0.15, 0.2) is 0 Å². The fourth-order valence-corrected chi connectivity index (χ4v) is 2.25. The maximum Gasteiger partial charge on any atom is 0.271 e. The third-order valence-corrected chi connectivity index (χ3v) is 3.26. The van der Waals surface area contributed by atoms with E-state index in [0.29, 0.717) is 23.6 Å². The summed E-state index contributed by atoms with van der Waals surface area (Å²) in [6.45, 7) is 3.23. The van der Waals surface area contributed by atoms with Gasteiger partial charge in [-0.05, 0) is 26.2 Å². The molecule has 0 saturated carbocycles. The first-order chi connectivity index (χ1) is 8.59. The molecule has 100 valence electrons. The van der Waals surface area contributed by atoms with Gasteiger partial charge in [0.25, 0.3) is 5.91 Å². The van der Waals surface area contributed by atoms with Gasteiger partial charge in [0.2, 0.25) is 0 Å². The summed E-state index contributed by atoms with van der Waals surface area (Å²) in [7, 11) is 1.72. The summed E-state index contributed by atoms with van der Waals surface area (Å²) < 4.78 is 7.02. The molecule has 1 aromatic heterocycles. The Morgan fingerprint density at radius 1 is 1.67 bits per heavy atom. The van der Waals surface area contributed by atoms with Gasteiger partial charge in [-0.25, -0.2) is 0 Å². The number of ether oxygens (including phenoxy) is 1. The van der Waals surface area contributed by atoms with Gasteiger partial charge in [-0.1, -0.05) is 0 Å². The second kappa shape index (κ2) is 5.39. The Hall–Kier alpha value is -1.56. The number of nitrogen functional groups attached to an aromatic ring is 1. The zero-order valence-corrected chi connectivity index (χ0v) is 10.9. The summed E-state index contributed by atoms with van der Waals surface area (Å²) >= 11 is 0. The first kappa shape index (κ1) is 12.9. The molecule has 0 aliphatic carbocycles. The number of aromatic nitrogens is 2. The fourth-order valence-electron chi connectivity index (χ4n) is 2.25. The quantitative estimate of drug-likeness (QED) is 0.822. The van der Waals surface area contributed by atoms with E-state index in [0.717, 1.165) is 25.9 Å². The van der Waals surface area contributed by atoms with Crippen molar-refractivity contribution >= 4 is 11.6 Å². The average molecular weight is 252 g/mol. The third kappa shape index (κ3) is 2.64. The molecule has 0 radical (unpaired) electrons. The molecule has 1 atom stereocenters. The van der Waals surface area contributed by atoms with Crippen LogP contribution in [0.4, 0.5) is 5.69 Å². The molecular formula is C12H20N4O2. The van der Waals surface area contributed by atoms with Crippen molar-refractivity contribution in [2.24, 2.45) is 7.05 Å². The van der Waals surface area contributed by atoms with E-state index >= 15 is 0 Å². The normalized spacial score (nSPS) is 19.1. The molecule has 0 spiro atoms. The van der Waals surface area contributed by atoms with Crippen LogP contribution in [0.2, 0.25) is 0 Å². The summed E-state index contributed by atoms with van der Waals surface area (Å²) in [5, 5.41) is 6.98. The molecule has 18 heavy (non-hydrogen) atoms. The van der Waals surface area contributed by atoms with Crippen molar-refractivity contribution in [2.45, 2.75) is 32.3 Å². The highest BCUT2D eigenvalue weighted by molar-refractivity contribution is 5.97. The van der Waals surface area contributed by atoms with E-state index in [1.807, 2.05) is 0 Å². The molecule has 1 aromatic rings. The van der Waals surface area contributed by atoms with Crippen LogP contribution in [-0.2, 0) is 11.8 Å². The van der Waals surface area contributed by atoms with Crippen LogP contribution in [0.3, 0.4) is 0 Å². The average Bonchev–Trinajstić information content (AvgIpc) is 2.89.